The first kappa shape index (κ1) is 13.7. The van der Waals surface area contributed by atoms with Gasteiger partial charge in [-0.05, 0) is 24.1 Å². The fraction of sp³-hybridized carbons (Fsp3) is 0.500. The van der Waals surface area contributed by atoms with Gasteiger partial charge in [-0.15, -0.1) is 0 Å². The number of unbranched alkanes of at least 4 members (excludes halogenated alkanes) is 1. The van der Waals surface area contributed by atoms with Crippen LogP contribution in [-0.4, -0.2) is 19.6 Å². The van der Waals surface area contributed by atoms with Gasteiger partial charge < -0.3 is 10.1 Å². The van der Waals surface area contributed by atoms with E-state index in [1.165, 1.54) is 25.5 Å². The minimum atomic E-state index is -0.196. The van der Waals surface area contributed by atoms with Crippen molar-refractivity contribution >= 4 is 5.97 Å². The number of benzene rings is 1. The number of hydrogen-bond donors (Lipinski definition) is 1. The van der Waals surface area contributed by atoms with Gasteiger partial charge in [-0.2, -0.15) is 0 Å². The van der Waals surface area contributed by atoms with Crippen molar-refractivity contribution in [1.29, 1.82) is 0 Å². The highest BCUT2D eigenvalue weighted by Gasteiger charge is 2.02. The maximum absolute atomic E-state index is 11.1. The summed E-state index contributed by atoms with van der Waals surface area (Å²) in [7, 11) is 1.41. The number of hydrogen-bond acceptors (Lipinski definition) is 3. The molecule has 0 saturated heterocycles. The molecule has 1 N–H and O–H groups in total. The zero-order valence-corrected chi connectivity index (χ0v) is 10.7. The number of carbonyl (C=O) groups is 1. The van der Waals surface area contributed by atoms with Crippen LogP contribution in [-0.2, 0) is 22.5 Å². The van der Waals surface area contributed by atoms with E-state index in [0.717, 1.165) is 18.7 Å². The van der Waals surface area contributed by atoms with Gasteiger partial charge in [-0.25, -0.2) is 0 Å². The SMILES string of the molecule is CCCCNCc1ccc(CC(=O)OC)cc1. The highest BCUT2D eigenvalue weighted by molar-refractivity contribution is 5.72. The molecule has 0 amide bonds. The molecule has 0 aliphatic rings. The van der Waals surface area contributed by atoms with Gasteiger partial charge in [0, 0.05) is 6.54 Å². The van der Waals surface area contributed by atoms with Gasteiger partial charge in [0.2, 0.25) is 0 Å². The average Bonchev–Trinajstić information content (AvgIpc) is 2.36. The minimum Gasteiger partial charge on any atom is -0.469 e. The lowest BCUT2D eigenvalue weighted by Crippen LogP contribution is -2.14. The highest BCUT2D eigenvalue weighted by atomic mass is 16.5. The predicted octanol–water partition coefficient (Wildman–Crippen LogP) is 2.29. The van der Waals surface area contributed by atoms with E-state index >= 15 is 0 Å². The van der Waals surface area contributed by atoms with Gasteiger partial charge in [0.05, 0.1) is 13.5 Å². The Morgan fingerprint density at radius 1 is 1.24 bits per heavy atom. The summed E-state index contributed by atoms with van der Waals surface area (Å²) >= 11 is 0. The Balaban J connectivity index is 2.36. The zero-order valence-electron chi connectivity index (χ0n) is 10.7. The summed E-state index contributed by atoms with van der Waals surface area (Å²) in [6.45, 7) is 4.13. The van der Waals surface area contributed by atoms with Crippen LogP contribution in [0.5, 0.6) is 0 Å². The second-order valence-corrected chi connectivity index (χ2v) is 4.10. The number of rotatable bonds is 7. The van der Waals surface area contributed by atoms with Crippen LogP contribution in [0.3, 0.4) is 0 Å². The number of ether oxygens (including phenoxy) is 1. The first-order valence-corrected chi connectivity index (χ1v) is 6.11. The van der Waals surface area contributed by atoms with Gasteiger partial charge in [-0.1, -0.05) is 37.6 Å². The molecule has 0 radical (unpaired) electrons. The Morgan fingerprint density at radius 2 is 1.88 bits per heavy atom. The van der Waals surface area contributed by atoms with Crippen molar-refractivity contribution in [3.63, 3.8) is 0 Å². The molecule has 0 saturated carbocycles. The molecule has 1 rings (SSSR count). The molecule has 0 aliphatic carbocycles. The zero-order chi connectivity index (χ0) is 12.5. The molecule has 1 aromatic carbocycles. The van der Waals surface area contributed by atoms with Gasteiger partial charge in [0.25, 0.3) is 0 Å². The Labute approximate surface area is 103 Å². The molecule has 0 unspecified atom stereocenters. The van der Waals surface area contributed by atoms with E-state index in [-0.39, 0.29) is 5.97 Å². The number of esters is 1. The van der Waals surface area contributed by atoms with Crippen LogP contribution in [0.1, 0.15) is 30.9 Å². The lowest BCUT2D eigenvalue weighted by molar-refractivity contribution is -0.139. The standard InChI is InChI=1S/C14H21NO2/c1-3-4-9-15-11-13-7-5-12(6-8-13)10-14(16)17-2/h5-8,15H,3-4,9-11H2,1-2H3. The van der Waals surface area contributed by atoms with Crippen LogP contribution in [0.4, 0.5) is 0 Å². The lowest BCUT2D eigenvalue weighted by Gasteiger charge is -2.05. The van der Waals surface area contributed by atoms with Gasteiger partial charge in [0.1, 0.15) is 0 Å². The van der Waals surface area contributed by atoms with Crippen molar-refractivity contribution in [2.24, 2.45) is 0 Å². The summed E-state index contributed by atoms with van der Waals surface area (Å²) in [5, 5.41) is 3.38. The second kappa shape index (κ2) is 7.85. The quantitative estimate of drug-likeness (QED) is 0.582. The minimum absolute atomic E-state index is 0.196. The Kier molecular flexibility index (Phi) is 6.33. The molecule has 0 spiro atoms. The molecule has 0 aromatic heterocycles. The summed E-state index contributed by atoms with van der Waals surface area (Å²) in [5.41, 5.74) is 2.24. The van der Waals surface area contributed by atoms with Crippen molar-refractivity contribution in [1.82, 2.24) is 5.32 Å². The second-order valence-electron chi connectivity index (χ2n) is 4.10. The largest absolute Gasteiger partial charge is 0.469 e. The molecule has 17 heavy (non-hydrogen) atoms. The van der Waals surface area contributed by atoms with Crippen molar-refractivity contribution in [2.75, 3.05) is 13.7 Å². The Hall–Kier alpha value is -1.35. The monoisotopic (exact) mass is 235 g/mol. The molecule has 0 atom stereocenters. The first-order chi connectivity index (χ1) is 8.26. The Bertz CT molecular complexity index is 333. The van der Waals surface area contributed by atoms with Crippen molar-refractivity contribution < 1.29 is 9.53 Å². The predicted molar refractivity (Wildman–Crippen MR) is 68.8 cm³/mol. The van der Waals surface area contributed by atoms with E-state index < -0.39 is 0 Å². The fourth-order valence-electron chi connectivity index (χ4n) is 1.55. The smallest absolute Gasteiger partial charge is 0.309 e. The van der Waals surface area contributed by atoms with Crippen LogP contribution < -0.4 is 5.32 Å². The van der Waals surface area contributed by atoms with Gasteiger partial charge in [0.15, 0.2) is 0 Å². The van der Waals surface area contributed by atoms with Gasteiger partial charge in [-0.3, -0.25) is 4.79 Å². The van der Waals surface area contributed by atoms with Crippen LogP contribution in [0.2, 0.25) is 0 Å². The number of methoxy groups -OCH3 is 1. The van der Waals surface area contributed by atoms with E-state index in [0.29, 0.717) is 6.42 Å². The fourth-order valence-corrected chi connectivity index (χ4v) is 1.55. The third-order valence-electron chi connectivity index (χ3n) is 2.64. The summed E-state index contributed by atoms with van der Waals surface area (Å²) in [6.07, 6.45) is 2.77. The molecule has 3 heteroatoms. The third kappa shape index (κ3) is 5.50. The number of carbonyl (C=O) groups excluding carboxylic acids is 1. The molecule has 3 nitrogen and oxygen atoms in total. The van der Waals surface area contributed by atoms with Crippen LogP contribution in [0, 0.1) is 0 Å². The summed E-state index contributed by atoms with van der Waals surface area (Å²) < 4.78 is 4.62. The molecule has 0 aliphatic heterocycles. The van der Waals surface area contributed by atoms with E-state index in [2.05, 4.69) is 29.1 Å². The topological polar surface area (TPSA) is 38.3 Å². The molecule has 0 heterocycles. The van der Waals surface area contributed by atoms with Gasteiger partial charge >= 0.3 is 5.97 Å². The molecule has 0 fully saturated rings. The molecular formula is C14H21NO2. The van der Waals surface area contributed by atoms with E-state index in [4.69, 9.17) is 0 Å². The van der Waals surface area contributed by atoms with Crippen LogP contribution in [0.15, 0.2) is 24.3 Å². The molecule has 0 bridgehead atoms. The Morgan fingerprint density at radius 3 is 2.47 bits per heavy atom. The molecule has 1 aromatic rings. The van der Waals surface area contributed by atoms with E-state index in [1.807, 2.05) is 12.1 Å². The molecule has 94 valence electrons. The van der Waals surface area contributed by atoms with Crippen LogP contribution in [0.25, 0.3) is 0 Å². The van der Waals surface area contributed by atoms with Crippen molar-refractivity contribution in [3.8, 4) is 0 Å². The summed E-state index contributed by atoms with van der Waals surface area (Å²) in [5.74, 6) is -0.196. The van der Waals surface area contributed by atoms with Crippen molar-refractivity contribution in [2.45, 2.75) is 32.7 Å². The average molecular weight is 235 g/mol. The molecular weight excluding hydrogens is 214 g/mol. The summed E-state index contributed by atoms with van der Waals surface area (Å²) in [4.78, 5) is 11.1. The maximum atomic E-state index is 11.1. The number of nitrogens with one attached hydrogen (secondary N) is 1. The van der Waals surface area contributed by atoms with E-state index in [1.54, 1.807) is 0 Å². The lowest BCUT2D eigenvalue weighted by atomic mass is 10.1. The van der Waals surface area contributed by atoms with Crippen LogP contribution >= 0.6 is 0 Å². The maximum Gasteiger partial charge on any atom is 0.309 e. The first-order valence-electron chi connectivity index (χ1n) is 6.11. The van der Waals surface area contributed by atoms with E-state index in [9.17, 15) is 4.79 Å². The third-order valence-corrected chi connectivity index (χ3v) is 2.64. The summed E-state index contributed by atoms with van der Waals surface area (Å²) in [6, 6.07) is 8.07. The van der Waals surface area contributed by atoms with Crippen molar-refractivity contribution in [3.05, 3.63) is 35.4 Å². The highest BCUT2D eigenvalue weighted by Crippen LogP contribution is 2.05. The normalized spacial score (nSPS) is 10.2.